The first-order valence-corrected chi connectivity index (χ1v) is 5.43. The van der Waals surface area contributed by atoms with E-state index in [0.29, 0.717) is 0 Å². The van der Waals surface area contributed by atoms with Gasteiger partial charge in [0.05, 0.1) is 0 Å². The minimum absolute atomic E-state index is 0.985. The third-order valence-corrected chi connectivity index (χ3v) is 2.16. The highest BCUT2D eigenvalue weighted by atomic mass is 14.0. The van der Waals surface area contributed by atoms with Gasteiger partial charge in [0.1, 0.15) is 0 Å². The second-order valence-corrected chi connectivity index (χ2v) is 3.40. The monoisotopic (exact) mass is 186 g/mol. The van der Waals surface area contributed by atoms with Crippen molar-refractivity contribution < 1.29 is 0 Å². The Morgan fingerprint density at radius 3 is 2.50 bits per heavy atom. The van der Waals surface area contributed by atoms with Gasteiger partial charge in [-0.05, 0) is 24.8 Å². The molecule has 0 aliphatic carbocycles. The van der Waals surface area contributed by atoms with E-state index in [1.54, 1.807) is 0 Å². The van der Waals surface area contributed by atoms with Gasteiger partial charge < -0.3 is 0 Å². The topological polar surface area (TPSA) is 0 Å². The van der Waals surface area contributed by atoms with Gasteiger partial charge in [0.15, 0.2) is 0 Å². The third-order valence-electron chi connectivity index (χ3n) is 2.16. The van der Waals surface area contributed by atoms with Crippen LogP contribution in [0.2, 0.25) is 0 Å². The predicted octanol–water partition coefficient (Wildman–Crippen LogP) is 3.81. The first-order valence-electron chi connectivity index (χ1n) is 5.43. The average Bonchev–Trinajstić information content (AvgIpc) is 2.25. The number of benzene rings is 1. The quantitative estimate of drug-likeness (QED) is 0.495. The Kier molecular flexibility index (Phi) is 5.59. The molecule has 1 aromatic carbocycles. The zero-order valence-electron chi connectivity index (χ0n) is 8.92. The van der Waals surface area contributed by atoms with Gasteiger partial charge in [-0.25, -0.2) is 0 Å². The summed E-state index contributed by atoms with van der Waals surface area (Å²) in [6, 6.07) is 10.7. The molecule has 0 nitrogen and oxygen atoms in total. The van der Waals surface area contributed by atoms with Crippen molar-refractivity contribution in [1.29, 1.82) is 0 Å². The summed E-state index contributed by atoms with van der Waals surface area (Å²) in [6.45, 7) is 2.09. The highest BCUT2D eigenvalue weighted by Gasteiger charge is 1.90. The van der Waals surface area contributed by atoms with E-state index in [9.17, 15) is 0 Å². The van der Waals surface area contributed by atoms with Gasteiger partial charge in [0.25, 0.3) is 0 Å². The summed E-state index contributed by atoms with van der Waals surface area (Å²) in [5, 5.41) is 0. The first-order chi connectivity index (χ1) is 6.93. The lowest BCUT2D eigenvalue weighted by Gasteiger charge is -1.98. The van der Waals surface area contributed by atoms with Crippen LogP contribution in [0.4, 0.5) is 0 Å². The molecule has 0 unspecified atom stereocenters. The minimum Gasteiger partial charge on any atom is -0.104 e. The molecule has 0 saturated carbocycles. The van der Waals surface area contributed by atoms with E-state index in [1.807, 2.05) is 0 Å². The maximum absolute atomic E-state index is 3.17. The molecular weight excluding hydrogens is 168 g/mol. The summed E-state index contributed by atoms with van der Waals surface area (Å²) in [7, 11) is 0. The molecule has 0 aliphatic rings. The molecule has 1 rings (SSSR count). The Morgan fingerprint density at radius 1 is 1.00 bits per heavy atom. The van der Waals surface area contributed by atoms with E-state index < -0.39 is 0 Å². The summed E-state index contributed by atoms with van der Waals surface area (Å²) in [4.78, 5) is 0. The second-order valence-electron chi connectivity index (χ2n) is 3.40. The molecule has 0 spiro atoms. The molecule has 0 saturated heterocycles. The summed E-state index contributed by atoms with van der Waals surface area (Å²) >= 11 is 0. The maximum Gasteiger partial charge on any atom is 0.00888 e. The highest BCUT2D eigenvalue weighted by molar-refractivity contribution is 5.14. The molecule has 0 aliphatic heterocycles. The Balaban J connectivity index is 2.10. The molecule has 0 radical (unpaired) electrons. The van der Waals surface area contributed by atoms with Crippen molar-refractivity contribution >= 4 is 0 Å². The smallest absolute Gasteiger partial charge is 0.00888 e. The zero-order chi connectivity index (χ0) is 10.1. The number of hydrogen-bond acceptors (Lipinski definition) is 0. The van der Waals surface area contributed by atoms with Gasteiger partial charge in [-0.1, -0.05) is 37.3 Å². The maximum atomic E-state index is 3.17. The number of aryl methyl sites for hydroxylation is 1. The molecule has 0 heterocycles. The van der Waals surface area contributed by atoms with Crippen LogP contribution in [-0.2, 0) is 6.42 Å². The normalized spacial score (nSPS) is 9.21. The predicted molar refractivity (Wildman–Crippen MR) is 62.1 cm³/mol. The lowest BCUT2D eigenvalue weighted by atomic mass is 10.1. The van der Waals surface area contributed by atoms with Gasteiger partial charge in [-0.15, -0.1) is 11.8 Å². The molecular formula is C14H18. The van der Waals surface area contributed by atoms with Crippen LogP contribution in [0.3, 0.4) is 0 Å². The standard InChI is InChI=1S/C14H18/c1-2-3-4-5-6-8-11-14-12-9-7-10-13-14/h7,9-10,12-13H,2,5-6,8,11H2,1H3. The van der Waals surface area contributed by atoms with Crippen molar-refractivity contribution in [3.8, 4) is 11.8 Å². The fourth-order valence-corrected chi connectivity index (χ4v) is 1.40. The molecule has 0 amide bonds. The molecule has 0 heteroatoms. The Morgan fingerprint density at radius 2 is 1.79 bits per heavy atom. The molecule has 14 heavy (non-hydrogen) atoms. The van der Waals surface area contributed by atoms with Crippen molar-refractivity contribution in [2.24, 2.45) is 0 Å². The largest absolute Gasteiger partial charge is 0.104 e. The minimum atomic E-state index is 0.985. The van der Waals surface area contributed by atoms with Gasteiger partial charge in [-0.2, -0.15) is 0 Å². The van der Waals surface area contributed by atoms with Crippen LogP contribution in [0.5, 0.6) is 0 Å². The molecule has 0 aromatic heterocycles. The van der Waals surface area contributed by atoms with Gasteiger partial charge >= 0.3 is 0 Å². The molecule has 0 N–H and O–H groups in total. The van der Waals surface area contributed by atoms with Crippen LogP contribution in [0.25, 0.3) is 0 Å². The first kappa shape index (κ1) is 10.9. The lowest BCUT2D eigenvalue weighted by molar-refractivity contribution is 0.756. The van der Waals surface area contributed by atoms with E-state index in [1.165, 1.54) is 24.8 Å². The van der Waals surface area contributed by atoms with Gasteiger partial charge in [-0.3, -0.25) is 0 Å². The average molecular weight is 186 g/mol. The van der Waals surface area contributed by atoms with Gasteiger partial charge in [0, 0.05) is 12.8 Å². The van der Waals surface area contributed by atoms with Crippen molar-refractivity contribution in [3.63, 3.8) is 0 Å². The molecule has 0 bridgehead atoms. The fraction of sp³-hybridized carbons (Fsp3) is 0.429. The summed E-state index contributed by atoms with van der Waals surface area (Å²) in [6.07, 6.45) is 5.71. The van der Waals surface area contributed by atoms with Crippen LogP contribution in [-0.4, -0.2) is 0 Å². The number of rotatable bonds is 4. The second kappa shape index (κ2) is 7.21. The Bertz CT molecular complexity index is 287. The zero-order valence-corrected chi connectivity index (χ0v) is 8.92. The van der Waals surface area contributed by atoms with Crippen molar-refractivity contribution in [1.82, 2.24) is 0 Å². The molecule has 1 aromatic rings. The van der Waals surface area contributed by atoms with E-state index in [0.717, 1.165) is 12.8 Å². The summed E-state index contributed by atoms with van der Waals surface area (Å²) in [5.74, 6) is 6.27. The Hall–Kier alpha value is -1.22. The number of hydrogen-bond donors (Lipinski definition) is 0. The van der Waals surface area contributed by atoms with Crippen LogP contribution in [0.15, 0.2) is 30.3 Å². The van der Waals surface area contributed by atoms with Crippen molar-refractivity contribution in [3.05, 3.63) is 35.9 Å². The molecule has 0 fully saturated rings. The van der Waals surface area contributed by atoms with E-state index in [4.69, 9.17) is 0 Å². The van der Waals surface area contributed by atoms with Crippen molar-refractivity contribution in [2.75, 3.05) is 0 Å². The molecule has 0 atom stereocenters. The van der Waals surface area contributed by atoms with E-state index in [-0.39, 0.29) is 0 Å². The lowest BCUT2D eigenvalue weighted by Crippen LogP contribution is -1.83. The number of unbranched alkanes of at least 4 members (excludes halogenated alkanes) is 2. The van der Waals surface area contributed by atoms with Crippen LogP contribution in [0.1, 0.15) is 38.2 Å². The molecule has 74 valence electrons. The summed E-state index contributed by atoms with van der Waals surface area (Å²) in [5.41, 5.74) is 1.44. The van der Waals surface area contributed by atoms with Gasteiger partial charge in [0.2, 0.25) is 0 Å². The third kappa shape index (κ3) is 4.72. The van der Waals surface area contributed by atoms with Crippen LogP contribution in [0, 0.1) is 11.8 Å². The Labute approximate surface area is 87.4 Å². The SMILES string of the molecule is CCC#CCCCCc1ccccc1. The van der Waals surface area contributed by atoms with Crippen LogP contribution >= 0.6 is 0 Å². The van der Waals surface area contributed by atoms with E-state index in [2.05, 4.69) is 49.1 Å². The highest BCUT2D eigenvalue weighted by Crippen LogP contribution is 2.05. The fourth-order valence-electron chi connectivity index (χ4n) is 1.40. The summed E-state index contributed by atoms with van der Waals surface area (Å²) < 4.78 is 0. The van der Waals surface area contributed by atoms with Crippen molar-refractivity contribution in [2.45, 2.75) is 39.0 Å². The van der Waals surface area contributed by atoms with E-state index >= 15 is 0 Å². The van der Waals surface area contributed by atoms with Crippen LogP contribution < -0.4 is 0 Å².